The van der Waals surface area contributed by atoms with Gasteiger partial charge in [-0.1, -0.05) is 20.8 Å². The summed E-state index contributed by atoms with van der Waals surface area (Å²) in [6.45, 7) is 21.3. The van der Waals surface area contributed by atoms with Crippen LogP contribution in [0.1, 0.15) is 89.0 Å². The molecule has 1 heterocycles. The lowest BCUT2D eigenvalue weighted by molar-refractivity contribution is -0.201. The van der Waals surface area contributed by atoms with Crippen LogP contribution in [-0.4, -0.2) is 60.4 Å². The number of hydrogen-bond donors (Lipinski definition) is 0. The lowest BCUT2D eigenvalue weighted by Crippen LogP contribution is -2.55. The molecule has 0 unspecified atom stereocenters. The second-order valence-corrected chi connectivity index (χ2v) is 10.5. The highest BCUT2D eigenvalue weighted by Gasteiger charge is 2.70. The van der Waals surface area contributed by atoms with Crippen LogP contribution in [0.3, 0.4) is 0 Å². The molecular weight excluding hydrogens is 484 g/mol. The van der Waals surface area contributed by atoms with Crippen LogP contribution in [0.2, 0.25) is 0 Å². The maximum atomic E-state index is 13.6. The summed E-state index contributed by atoms with van der Waals surface area (Å²) in [5, 5.41) is 0. The maximum absolute atomic E-state index is 13.6. The van der Waals surface area contributed by atoms with E-state index in [0.717, 1.165) is 0 Å². The van der Waals surface area contributed by atoms with E-state index in [2.05, 4.69) is 6.92 Å². The van der Waals surface area contributed by atoms with E-state index in [-0.39, 0.29) is 19.6 Å². The van der Waals surface area contributed by atoms with Crippen LogP contribution in [0.5, 0.6) is 0 Å². The third-order valence-corrected chi connectivity index (χ3v) is 6.70. The van der Waals surface area contributed by atoms with E-state index in [1.807, 2.05) is 0 Å². The summed E-state index contributed by atoms with van der Waals surface area (Å²) in [5.41, 5.74) is -4.82. The van der Waals surface area contributed by atoms with Gasteiger partial charge < -0.3 is 23.7 Å². The van der Waals surface area contributed by atoms with Crippen molar-refractivity contribution in [2.45, 2.75) is 106 Å². The average Bonchev–Trinajstić information content (AvgIpc) is 2.93. The van der Waals surface area contributed by atoms with E-state index in [0.29, 0.717) is 0 Å². The number of cyclic esters (lactones) is 1. The van der Waals surface area contributed by atoms with Crippen molar-refractivity contribution < 1.29 is 47.7 Å². The van der Waals surface area contributed by atoms with Crippen molar-refractivity contribution in [3.05, 3.63) is 6.92 Å². The van der Waals surface area contributed by atoms with Crippen LogP contribution < -0.4 is 0 Å². The van der Waals surface area contributed by atoms with Crippen LogP contribution in [0, 0.1) is 23.7 Å². The van der Waals surface area contributed by atoms with E-state index in [1.54, 1.807) is 76.2 Å². The standard InChI is InChI=1S/C25H40O10.C2H5/c1-11-25(24(9,10)23(7,8)20(29)35-25)21(30)33-17(19(28)34-22(4,5)6)15(18(27)32-13-3)14-16(26)31-12-2;1-2/h15,17H,11-14H2,1-10H3;1H2,2H3/q;+1/t15-,17+,25-;/m0./s1. The Labute approximate surface area is 221 Å². The Morgan fingerprint density at radius 1 is 0.919 bits per heavy atom. The predicted molar refractivity (Wildman–Crippen MR) is 135 cm³/mol. The molecule has 0 radical (unpaired) electrons. The molecular formula is C27H45O10+. The second-order valence-electron chi connectivity index (χ2n) is 10.5. The minimum absolute atomic E-state index is 0.0368. The molecule has 0 amide bonds. The Morgan fingerprint density at radius 3 is 1.81 bits per heavy atom. The lowest BCUT2D eigenvalue weighted by Gasteiger charge is -2.41. The van der Waals surface area contributed by atoms with Gasteiger partial charge in [0.2, 0.25) is 11.7 Å². The van der Waals surface area contributed by atoms with Crippen molar-refractivity contribution in [1.82, 2.24) is 0 Å². The van der Waals surface area contributed by atoms with Gasteiger partial charge in [-0.25, -0.2) is 9.59 Å². The van der Waals surface area contributed by atoms with Gasteiger partial charge in [0.1, 0.15) is 11.5 Å². The molecule has 10 nitrogen and oxygen atoms in total. The molecule has 0 saturated carbocycles. The van der Waals surface area contributed by atoms with Gasteiger partial charge in [-0.15, -0.1) is 0 Å². The van der Waals surface area contributed by atoms with E-state index >= 15 is 0 Å². The zero-order valence-electron chi connectivity index (χ0n) is 24.3. The Bertz CT molecular complexity index is 837. The summed E-state index contributed by atoms with van der Waals surface area (Å²) in [6.07, 6.45) is -2.37. The summed E-state index contributed by atoms with van der Waals surface area (Å²) in [5.74, 6) is -5.90. The van der Waals surface area contributed by atoms with E-state index in [9.17, 15) is 24.0 Å². The zero-order valence-corrected chi connectivity index (χ0v) is 24.3. The molecule has 0 aliphatic carbocycles. The van der Waals surface area contributed by atoms with E-state index < -0.39 is 70.3 Å². The van der Waals surface area contributed by atoms with Gasteiger partial charge in [0, 0.05) is 5.41 Å². The van der Waals surface area contributed by atoms with Crippen molar-refractivity contribution >= 4 is 29.8 Å². The van der Waals surface area contributed by atoms with E-state index in [4.69, 9.17) is 23.7 Å². The Kier molecular flexibility index (Phi) is 12.2. The summed E-state index contributed by atoms with van der Waals surface area (Å²) >= 11 is 0. The minimum atomic E-state index is -1.84. The molecule has 3 atom stereocenters. The number of esters is 5. The van der Waals surface area contributed by atoms with Gasteiger partial charge in [-0.05, 0) is 54.9 Å². The molecule has 1 aliphatic heterocycles. The highest BCUT2D eigenvalue weighted by atomic mass is 16.6. The molecule has 1 aliphatic rings. The first kappa shape index (κ1) is 34.2. The Morgan fingerprint density at radius 2 is 1.43 bits per heavy atom. The smallest absolute Gasteiger partial charge is 0.352 e. The second kappa shape index (κ2) is 13.1. The topological polar surface area (TPSA) is 132 Å². The molecule has 1 fully saturated rings. The molecule has 0 N–H and O–H groups in total. The molecule has 0 aromatic heterocycles. The van der Waals surface area contributed by atoms with Crippen molar-refractivity contribution in [1.29, 1.82) is 0 Å². The highest BCUT2D eigenvalue weighted by Crippen LogP contribution is 2.57. The van der Waals surface area contributed by atoms with Gasteiger partial charge in [-0.3, -0.25) is 14.4 Å². The van der Waals surface area contributed by atoms with Crippen molar-refractivity contribution in [3.8, 4) is 0 Å². The fraction of sp³-hybridized carbons (Fsp3) is 0.778. The van der Waals surface area contributed by atoms with Gasteiger partial charge in [0.25, 0.3) is 0 Å². The fourth-order valence-electron chi connectivity index (χ4n) is 3.96. The van der Waals surface area contributed by atoms with Gasteiger partial charge in [0.05, 0.1) is 38.9 Å². The minimum Gasteiger partial charge on any atom is -0.466 e. The molecule has 0 spiro atoms. The predicted octanol–water partition coefficient (Wildman–Crippen LogP) is 3.97. The van der Waals surface area contributed by atoms with Crippen LogP contribution >= 0.6 is 0 Å². The molecule has 0 bridgehead atoms. The quantitative estimate of drug-likeness (QED) is 0.233. The Hall–Kier alpha value is -2.78. The third kappa shape index (κ3) is 7.38. The fourth-order valence-corrected chi connectivity index (χ4v) is 3.96. The van der Waals surface area contributed by atoms with Crippen molar-refractivity contribution in [2.75, 3.05) is 13.2 Å². The summed E-state index contributed by atoms with van der Waals surface area (Å²) in [6, 6.07) is 0. The maximum Gasteiger partial charge on any atom is 0.352 e. The molecule has 1 rings (SSSR count). The molecule has 10 heteroatoms. The van der Waals surface area contributed by atoms with Gasteiger partial charge in [-0.2, -0.15) is 0 Å². The SMILES string of the molecule is CCOC(=O)C[C@H](C(=O)OCC)[C@@H](OC(=O)[C@]1(CC)OC(=O)C(C)(C)C1(C)C)C(=O)OC(C)(C)C.[CH2+]C. The molecule has 37 heavy (non-hydrogen) atoms. The van der Waals surface area contributed by atoms with Crippen molar-refractivity contribution in [2.24, 2.45) is 16.7 Å². The van der Waals surface area contributed by atoms with Crippen LogP contribution in [0.4, 0.5) is 0 Å². The van der Waals surface area contributed by atoms with Crippen LogP contribution in [0.15, 0.2) is 0 Å². The average molecular weight is 530 g/mol. The number of carbonyl (C=O) groups excluding carboxylic acids is 5. The monoisotopic (exact) mass is 529 g/mol. The first-order chi connectivity index (χ1) is 16.9. The van der Waals surface area contributed by atoms with Crippen LogP contribution in [-0.2, 0) is 47.7 Å². The molecule has 212 valence electrons. The summed E-state index contributed by atoms with van der Waals surface area (Å²) in [7, 11) is 0. The van der Waals surface area contributed by atoms with Crippen LogP contribution in [0.25, 0.3) is 0 Å². The van der Waals surface area contributed by atoms with Gasteiger partial charge in [0.15, 0.2) is 0 Å². The van der Waals surface area contributed by atoms with Crippen molar-refractivity contribution in [3.63, 3.8) is 0 Å². The first-order valence-electron chi connectivity index (χ1n) is 12.6. The summed E-state index contributed by atoms with van der Waals surface area (Å²) in [4.78, 5) is 64.6. The van der Waals surface area contributed by atoms with Gasteiger partial charge >= 0.3 is 29.8 Å². The summed E-state index contributed by atoms with van der Waals surface area (Å²) < 4.78 is 26.6. The molecule has 0 aromatic carbocycles. The third-order valence-electron chi connectivity index (χ3n) is 6.70. The number of hydrogen-bond acceptors (Lipinski definition) is 10. The Balaban J connectivity index is 0.00000631. The van der Waals surface area contributed by atoms with E-state index in [1.165, 1.54) is 0 Å². The number of rotatable bonds is 10. The molecule has 1 saturated heterocycles. The zero-order chi connectivity index (χ0) is 29.4. The molecule has 0 aromatic rings. The number of carbonyl (C=O) groups is 5. The number of ether oxygens (including phenoxy) is 5. The lowest BCUT2D eigenvalue weighted by atomic mass is 9.60. The first-order valence-corrected chi connectivity index (χ1v) is 12.6. The normalized spacial score (nSPS) is 21.3. The highest BCUT2D eigenvalue weighted by molar-refractivity contribution is 5.94. The largest absolute Gasteiger partial charge is 0.466 e.